The standard InChI is InChI=1S/C13H9F2NS/c14-11-4-6-13(7-5-11)17-16-9-10-2-1-3-12(15)8-10/h1-9H/b16-9+. The molecule has 0 saturated carbocycles. The molecule has 2 rings (SSSR count). The summed E-state index contributed by atoms with van der Waals surface area (Å²) in [5.41, 5.74) is 0.694. The molecule has 0 aliphatic rings. The summed E-state index contributed by atoms with van der Waals surface area (Å²) >= 11 is 1.21. The number of hydrogen-bond donors (Lipinski definition) is 0. The molecule has 0 saturated heterocycles. The first-order valence-electron chi connectivity index (χ1n) is 4.95. The van der Waals surface area contributed by atoms with Crippen LogP contribution in [0, 0.1) is 11.6 Å². The van der Waals surface area contributed by atoms with Crippen LogP contribution in [-0.4, -0.2) is 6.21 Å². The molecule has 0 amide bonds. The van der Waals surface area contributed by atoms with Gasteiger partial charge >= 0.3 is 0 Å². The molecule has 1 nitrogen and oxygen atoms in total. The van der Waals surface area contributed by atoms with Gasteiger partial charge < -0.3 is 0 Å². The largest absolute Gasteiger partial charge is 0.219 e. The number of hydrogen-bond acceptors (Lipinski definition) is 2. The van der Waals surface area contributed by atoms with Crippen molar-refractivity contribution in [1.29, 1.82) is 0 Å². The van der Waals surface area contributed by atoms with Crippen molar-refractivity contribution in [2.75, 3.05) is 0 Å². The molecule has 0 aliphatic heterocycles. The molecule has 4 heteroatoms. The summed E-state index contributed by atoms with van der Waals surface area (Å²) in [6.07, 6.45) is 1.57. The second kappa shape index (κ2) is 5.59. The summed E-state index contributed by atoms with van der Waals surface area (Å²) in [5.74, 6) is -0.566. The van der Waals surface area contributed by atoms with E-state index in [0.29, 0.717) is 5.56 Å². The lowest BCUT2D eigenvalue weighted by atomic mass is 10.2. The molecular formula is C13H9F2NS. The van der Waals surface area contributed by atoms with Gasteiger partial charge in [0.1, 0.15) is 11.6 Å². The fraction of sp³-hybridized carbons (Fsp3) is 0. The summed E-state index contributed by atoms with van der Waals surface area (Å²) in [7, 11) is 0. The summed E-state index contributed by atoms with van der Waals surface area (Å²) in [4.78, 5) is 0.832. The predicted octanol–water partition coefficient (Wildman–Crippen LogP) is 4.09. The summed E-state index contributed by atoms with van der Waals surface area (Å²) in [5, 5.41) is 0. The molecule has 86 valence electrons. The highest BCUT2D eigenvalue weighted by molar-refractivity contribution is 7.98. The highest BCUT2D eigenvalue weighted by atomic mass is 32.2. The molecular weight excluding hydrogens is 240 g/mol. The van der Waals surface area contributed by atoms with Crippen molar-refractivity contribution in [1.82, 2.24) is 0 Å². The van der Waals surface area contributed by atoms with E-state index >= 15 is 0 Å². The first-order chi connectivity index (χ1) is 8.24. The Balaban J connectivity index is 2.00. The van der Waals surface area contributed by atoms with Crippen LogP contribution >= 0.6 is 11.9 Å². The van der Waals surface area contributed by atoms with Crippen LogP contribution in [0.1, 0.15) is 5.56 Å². The molecule has 0 aromatic heterocycles. The molecule has 0 unspecified atom stereocenters. The van der Waals surface area contributed by atoms with Crippen molar-refractivity contribution >= 4 is 18.2 Å². The monoisotopic (exact) mass is 249 g/mol. The van der Waals surface area contributed by atoms with Crippen LogP contribution < -0.4 is 0 Å². The number of rotatable bonds is 3. The van der Waals surface area contributed by atoms with E-state index in [4.69, 9.17) is 0 Å². The third-order valence-electron chi connectivity index (χ3n) is 2.02. The van der Waals surface area contributed by atoms with Crippen LogP contribution in [0.25, 0.3) is 0 Å². The van der Waals surface area contributed by atoms with Crippen LogP contribution in [0.5, 0.6) is 0 Å². The van der Waals surface area contributed by atoms with E-state index in [9.17, 15) is 8.78 Å². The second-order valence-corrected chi connectivity index (χ2v) is 4.20. The summed E-state index contributed by atoms with van der Waals surface area (Å²) < 4.78 is 29.6. The highest BCUT2D eigenvalue weighted by Crippen LogP contribution is 2.19. The minimum absolute atomic E-state index is 0.275. The predicted molar refractivity (Wildman–Crippen MR) is 66.3 cm³/mol. The van der Waals surface area contributed by atoms with Gasteiger partial charge in [-0.3, -0.25) is 0 Å². The Kier molecular flexibility index (Phi) is 3.88. The summed E-state index contributed by atoms with van der Waals surface area (Å²) in [6.45, 7) is 0. The Labute approximate surface area is 102 Å². The Bertz CT molecular complexity index is 523. The lowest BCUT2D eigenvalue weighted by Gasteiger charge is -1.95. The third-order valence-corrected chi connectivity index (χ3v) is 2.72. The first-order valence-corrected chi connectivity index (χ1v) is 5.73. The Morgan fingerprint density at radius 3 is 2.41 bits per heavy atom. The number of halogens is 2. The van der Waals surface area contributed by atoms with E-state index < -0.39 is 0 Å². The minimum atomic E-state index is -0.291. The highest BCUT2D eigenvalue weighted by Gasteiger charge is 1.94. The third kappa shape index (κ3) is 3.67. The lowest BCUT2D eigenvalue weighted by molar-refractivity contribution is 0.626. The van der Waals surface area contributed by atoms with Gasteiger partial charge in [-0.05, 0) is 42.0 Å². The molecule has 0 aliphatic carbocycles. The van der Waals surface area contributed by atoms with Gasteiger partial charge in [-0.1, -0.05) is 12.1 Å². The zero-order chi connectivity index (χ0) is 12.1. The van der Waals surface area contributed by atoms with Gasteiger partial charge in [0.05, 0.1) is 0 Å². The molecule has 0 heterocycles. The first kappa shape index (κ1) is 11.8. The maximum atomic E-state index is 12.9. The van der Waals surface area contributed by atoms with Crippen molar-refractivity contribution in [3.8, 4) is 0 Å². The van der Waals surface area contributed by atoms with Gasteiger partial charge in [0.15, 0.2) is 0 Å². The van der Waals surface area contributed by atoms with Crippen molar-refractivity contribution < 1.29 is 8.78 Å². The molecule has 2 aromatic carbocycles. The normalized spacial score (nSPS) is 10.9. The van der Waals surface area contributed by atoms with Crippen molar-refractivity contribution in [2.45, 2.75) is 4.90 Å². The van der Waals surface area contributed by atoms with E-state index in [-0.39, 0.29) is 11.6 Å². The van der Waals surface area contributed by atoms with E-state index in [2.05, 4.69) is 4.40 Å². The van der Waals surface area contributed by atoms with E-state index in [1.54, 1.807) is 30.5 Å². The van der Waals surface area contributed by atoms with Crippen LogP contribution in [-0.2, 0) is 0 Å². The maximum absolute atomic E-state index is 12.9. The molecule has 0 radical (unpaired) electrons. The molecule has 2 aromatic rings. The smallest absolute Gasteiger partial charge is 0.123 e. The average Bonchev–Trinajstić information content (AvgIpc) is 2.32. The molecule has 17 heavy (non-hydrogen) atoms. The van der Waals surface area contributed by atoms with Crippen LogP contribution in [0.4, 0.5) is 8.78 Å². The second-order valence-electron chi connectivity index (χ2n) is 3.33. The van der Waals surface area contributed by atoms with Crippen LogP contribution in [0.15, 0.2) is 57.8 Å². The average molecular weight is 249 g/mol. The van der Waals surface area contributed by atoms with Gasteiger partial charge in [-0.15, -0.1) is 0 Å². The van der Waals surface area contributed by atoms with E-state index in [1.807, 2.05) is 0 Å². The molecule has 0 bridgehead atoms. The van der Waals surface area contributed by atoms with Crippen LogP contribution in [0.3, 0.4) is 0 Å². The van der Waals surface area contributed by atoms with Gasteiger partial charge in [-0.25, -0.2) is 13.2 Å². The SMILES string of the molecule is Fc1ccc(S/N=C/c2cccc(F)c2)cc1. The van der Waals surface area contributed by atoms with E-state index in [1.165, 1.54) is 36.2 Å². The molecule has 0 fully saturated rings. The topological polar surface area (TPSA) is 12.4 Å². The zero-order valence-electron chi connectivity index (χ0n) is 8.81. The minimum Gasteiger partial charge on any atom is -0.219 e. The van der Waals surface area contributed by atoms with E-state index in [0.717, 1.165) is 4.90 Å². The number of nitrogens with zero attached hydrogens (tertiary/aromatic N) is 1. The van der Waals surface area contributed by atoms with Crippen LogP contribution in [0.2, 0.25) is 0 Å². The molecule has 0 spiro atoms. The fourth-order valence-electron chi connectivity index (χ4n) is 1.23. The summed E-state index contributed by atoms with van der Waals surface area (Å²) in [6, 6.07) is 12.2. The van der Waals surface area contributed by atoms with Crippen molar-refractivity contribution in [2.24, 2.45) is 4.40 Å². The zero-order valence-corrected chi connectivity index (χ0v) is 9.62. The van der Waals surface area contributed by atoms with Gasteiger partial charge in [0.2, 0.25) is 0 Å². The van der Waals surface area contributed by atoms with Gasteiger partial charge in [0.25, 0.3) is 0 Å². The molecule has 0 N–H and O–H groups in total. The van der Waals surface area contributed by atoms with Gasteiger partial charge in [0, 0.05) is 23.1 Å². The lowest BCUT2D eigenvalue weighted by Crippen LogP contribution is -1.81. The Morgan fingerprint density at radius 2 is 1.71 bits per heavy atom. The quantitative estimate of drug-likeness (QED) is 0.589. The Morgan fingerprint density at radius 1 is 0.941 bits per heavy atom. The molecule has 0 atom stereocenters. The number of benzene rings is 2. The Hall–Kier alpha value is -1.68. The fourth-order valence-corrected chi connectivity index (χ4v) is 1.78. The van der Waals surface area contributed by atoms with Gasteiger partial charge in [-0.2, -0.15) is 0 Å². The van der Waals surface area contributed by atoms with Crippen molar-refractivity contribution in [3.63, 3.8) is 0 Å². The maximum Gasteiger partial charge on any atom is 0.123 e. The van der Waals surface area contributed by atoms with Crippen molar-refractivity contribution in [3.05, 3.63) is 65.7 Å².